The molecule has 118 valence electrons. The van der Waals surface area contributed by atoms with Crippen LogP contribution in [0.1, 0.15) is 27.6 Å². The van der Waals surface area contributed by atoms with Gasteiger partial charge in [0.15, 0.2) is 12.4 Å². The first-order valence-corrected chi connectivity index (χ1v) is 7.03. The summed E-state index contributed by atoms with van der Waals surface area (Å²) in [6, 6.07) is 9.35. The van der Waals surface area contributed by atoms with E-state index in [1.54, 1.807) is 24.3 Å². The summed E-state index contributed by atoms with van der Waals surface area (Å²) in [6.07, 6.45) is 1.36. The van der Waals surface area contributed by atoms with E-state index in [0.717, 1.165) is 0 Å². The number of aromatic nitrogens is 1. The fourth-order valence-corrected chi connectivity index (χ4v) is 2.00. The van der Waals surface area contributed by atoms with Crippen molar-refractivity contribution in [3.05, 3.63) is 58.9 Å². The van der Waals surface area contributed by atoms with Gasteiger partial charge in [0.1, 0.15) is 5.15 Å². The normalized spacial score (nSPS) is 10.0. The summed E-state index contributed by atoms with van der Waals surface area (Å²) in [5.41, 5.74) is 0.947. The third-order valence-electron chi connectivity index (χ3n) is 2.88. The first-order chi connectivity index (χ1) is 11.0. The van der Waals surface area contributed by atoms with E-state index in [2.05, 4.69) is 10.3 Å². The molecule has 0 unspecified atom stereocenters. The molecule has 1 amide bonds. The molecule has 1 aromatic carbocycles. The smallest absolute Gasteiger partial charge is 0.338 e. The molecule has 0 bridgehead atoms. The van der Waals surface area contributed by atoms with Gasteiger partial charge in [-0.05, 0) is 31.2 Å². The van der Waals surface area contributed by atoms with E-state index in [1.165, 1.54) is 25.3 Å². The number of hydrogen-bond acceptors (Lipinski definition) is 5. The first-order valence-electron chi connectivity index (χ1n) is 6.66. The van der Waals surface area contributed by atoms with Crippen LogP contribution in [0.25, 0.3) is 0 Å². The molecule has 0 saturated heterocycles. The summed E-state index contributed by atoms with van der Waals surface area (Å²) in [4.78, 5) is 38.9. The molecule has 2 aromatic rings. The summed E-state index contributed by atoms with van der Waals surface area (Å²) in [7, 11) is 0. The molecule has 0 fully saturated rings. The molecule has 6 nitrogen and oxygen atoms in total. The highest BCUT2D eigenvalue weighted by Crippen LogP contribution is 2.15. The molecule has 0 aliphatic heterocycles. The van der Waals surface area contributed by atoms with Crippen molar-refractivity contribution >= 4 is 34.9 Å². The van der Waals surface area contributed by atoms with Crippen LogP contribution in [0.2, 0.25) is 5.15 Å². The van der Waals surface area contributed by atoms with Crippen LogP contribution in [0.5, 0.6) is 0 Å². The van der Waals surface area contributed by atoms with Gasteiger partial charge >= 0.3 is 5.97 Å². The Morgan fingerprint density at radius 1 is 1.22 bits per heavy atom. The van der Waals surface area contributed by atoms with Crippen molar-refractivity contribution in [2.75, 3.05) is 11.9 Å². The van der Waals surface area contributed by atoms with Gasteiger partial charge < -0.3 is 10.1 Å². The molecule has 1 N–H and O–H groups in total. The van der Waals surface area contributed by atoms with E-state index in [9.17, 15) is 14.4 Å². The van der Waals surface area contributed by atoms with Crippen LogP contribution in [0, 0.1) is 0 Å². The van der Waals surface area contributed by atoms with Gasteiger partial charge in [-0.1, -0.05) is 23.7 Å². The quantitative estimate of drug-likeness (QED) is 0.517. The Morgan fingerprint density at radius 2 is 1.96 bits per heavy atom. The number of rotatable bonds is 5. The Balaban J connectivity index is 1.96. The summed E-state index contributed by atoms with van der Waals surface area (Å²) in [5, 5.41) is 2.69. The molecule has 1 aromatic heterocycles. The van der Waals surface area contributed by atoms with E-state index >= 15 is 0 Å². The van der Waals surface area contributed by atoms with Gasteiger partial charge in [-0.15, -0.1) is 0 Å². The average molecular weight is 333 g/mol. The number of pyridine rings is 1. The molecule has 1 heterocycles. The Hall–Kier alpha value is -2.73. The lowest BCUT2D eigenvalue weighted by atomic mass is 10.1. The zero-order chi connectivity index (χ0) is 16.8. The topological polar surface area (TPSA) is 85.4 Å². The van der Waals surface area contributed by atoms with E-state index in [1.807, 2.05) is 0 Å². The highest BCUT2D eigenvalue weighted by atomic mass is 35.5. The van der Waals surface area contributed by atoms with Crippen molar-refractivity contribution in [1.29, 1.82) is 0 Å². The molecule has 0 aliphatic rings. The Labute approximate surface area is 137 Å². The number of Topliss-reactive ketones (excluding diaryl/α,β-unsaturated/α-hetero) is 1. The van der Waals surface area contributed by atoms with Gasteiger partial charge in [0.05, 0.1) is 11.3 Å². The highest BCUT2D eigenvalue weighted by molar-refractivity contribution is 6.29. The molecule has 0 saturated carbocycles. The predicted molar refractivity (Wildman–Crippen MR) is 84.6 cm³/mol. The number of nitrogens with zero attached hydrogens (tertiary/aromatic N) is 1. The average Bonchev–Trinajstić information content (AvgIpc) is 2.53. The van der Waals surface area contributed by atoms with Crippen LogP contribution in [0.15, 0.2) is 42.6 Å². The van der Waals surface area contributed by atoms with Gasteiger partial charge in [0.2, 0.25) is 0 Å². The number of para-hydroxylation sites is 1. The van der Waals surface area contributed by atoms with Gasteiger partial charge in [-0.25, -0.2) is 9.78 Å². The molecular formula is C16H13ClN2O4. The maximum absolute atomic E-state index is 11.9. The Morgan fingerprint density at radius 3 is 2.65 bits per heavy atom. The monoisotopic (exact) mass is 332 g/mol. The first kappa shape index (κ1) is 16.6. The van der Waals surface area contributed by atoms with Crippen molar-refractivity contribution in [3.8, 4) is 0 Å². The fourth-order valence-electron chi connectivity index (χ4n) is 1.83. The van der Waals surface area contributed by atoms with Crippen LogP contribution >= 0.6 is 11.6 Å². The maximum Gasteiger partial charge on any atom is 0.338 e. The zero-order valence-electron chi connectivity index (χ0n) is 12.2. The molecule has 7 heteroatoms. The molecule has 2 rings (SSSR count). The summed E-state index contributed by atoms with van der Waals surface area (Å²) < 4.78 is 4.90. The number of carbonyl (C=O) groups excluding carboxylic acids is 3. The lowest BCUT2D eigenvalue weighted by molar-refractivity contribution is -0.119. The minimum Gasteiger partial charge on any atom is -0.452 e. The second-order valence-electron chi connectivity index (χ2n) is 4.59. The van der Waals surface area contributed by atoms with Gasteiger partial charge in [0, 0.05) is 11.8 Å². The van der Waals surface area contributed by atoms with E-state index in [-0.39, 0.29) is 16.5 Å². The molecule has 0 radical (unpaired) electrons. The largest absolute Gasteiger partial charge is 0.452 e. The lowest BCUT2D eigenvalue weighted by Crippen LogP contribution is -2.22. The third-order valence-corrected chi connectivity index (χ3v) is 3.08. The van der Waals surface area contributed by atoms with Crippen molar-refractivity contribution in [2.24, 2.45) is 0 Å². The van der Waals surface area contributed by atoms with Crippen molar-refractivity contribution in [3.63, 3.8) is 0 Å². The number of nitrogens with one attached hydrogen (secondary N) is 1. The van der Waals surface area contributed by atoms with Gasteiger partial charge in [-0.3, -0.25) is 9.59 Å². The standard InChI is InChI=1S/C16H13ClN2O4/c1-10(20)12-4-2-3-5-13(12)19-15(21)9-23-16(22)11-6-7-18-14(17)8-11/h2-8H,9H2,1H3,(H,19,21). The molecular weight excluding hydrogens is 320 g/mol. The fraction of sp³-hybridized carbons (Fsp3) is 0.125. The van der Waals surface area contributed by atoms with Crippen LogP contribution in [-0.4, -0.2) is 29.3 Å². The van der Waals surface area contributed by atoms with Crippen molar-refractivity contribution in [2.45, 2.75) is 6.92 Å². The molecule has 0 aliphatic carbocycles. The SMILES string of the molecule is CC(=O)c1ccccc1NC(=O)COC(=O)c1ccnc(Cl)c1. The third kappa shape index (κ3) is 4.62. The molecule has 0 spiro atoms. The number of anilines is 1. The number of carbonyl (C=O) groups is 3. The van der Waals surface area contributed by atoms with Gasteiger partial charge in [0.25, 0.3) is 5.91 Å². The van der Waals surface area contributed by atoms with Crippen LogP contribution in [0.3, 0.4) is 0 Å². The van der Waals surface area contributed by atoms with Crippen LogP contribution in [-0.2, 0) is 9.53 Å². The minimum absolute atomic E-state index is 0.152. The number of esters is 1. The van der Waals surface area contributed by atoms with Crippen LogP contribution < -0.4 is 5.32 Å². The summed E-state index contributed by atoms with van der Waals surface area (Å²) in [6.45, 7) is 0.920. The second-order valence-corrected chi connectivity index (χ2v) is 4.98. The summed E-state index contributed by atoms with van der Waals surface area (Å²) >= 11 is 5.68. The van der Waals surface area contributed by atoms with Crippen molar-refractivity contribution < 1.29 is 19.1 Å². The molecule has 23 heavy (non-hydrogen) atoms. The number of hydrogen-bond donors (Lipinski definition) is 1. The van der Waals surface area contributed by atoms with E-state index < -0.39 is 18.5 Å². The second kappa shape index (κ2) is 7.51. The number of halogens is 1. The van der Waals surface area contributed by atoms with Crippen LogP contribution in [0.4, 0.5) is 5.69 Å². The van der Waals surface area contributed by atoms with Crippen molar-refractivity contribution in [1.82, 2.24) is 4.98 Å². The minimum atomic E-state index is -0.690. The Bertz CT molecular complexity index is 761. The number of ether oxygens (including phenoxy) is 1. The van der Waals surface area contributed by atoms with E-state index in [0.29, 0.717) is 11.3 Å². The zero-order valence-corrected chi connectivity index (χ0v) is 13.0. The Kier molecular flexibility index (Phi) is 5.43. The maximum atomic E-state index is 11.9. The van der Waals surface area contributed by atoms with Gasteiger partial charge in [-0.2, -0.15) is 0 Å². The lowest BCUT2D eigenvalue weighted by Gasteiger charge is -2.09. The predicted octanol–water partition coefficient (Wildman–Crippen LogP) is 2.73. The molecule has 0 atom stereocenters. The van der Waals surface area contributed by atoms with E-state index in [4.69, 9.17) is 16.3 Å². The highest BCUT2D eigenvalue weighted by Gasteiger charge is 2.13. The number of ketones is 1. The number of benzene rings is 1. The summed E-state index contributed by atoms with van der Waals surface area (Å²) in [5.74, 6) is -1.42. The number of amides is 1.